The molecular formula is C13H18N2O3S. The number of aromatic nitrogens is 1. The highest BCUT2D eigenvalue weighted by Crippen LogP contribution is 2.40. The summed E-state index contributed by atoms with van der Waals surface area (Å²) < 4.78 is 0. The molecule has 19 heavy (non-hydrogen) atoms. The van der Waals surface area contributed by atoms with Crippen LogP contribution in [-0.2, 0) is 4.79 Å². The first kappa shape index (κ1) is 14.0. The van der Waals surface area contributed by atoms with Crippen molar-refractivity contribution >= 4 is 23.2 Å². The first-order chi connectivity index (χ1) is 8.84. The van der Waals surface area contributed by atoms with Crippen molar-refractivity contribution < 1.29 is 14.7 Å². The second-order valence-electron chi connectivity index (χ2n) is 5.45. The lowest BCUT2D eigenvalue weighted by Crippen LogP contribution is -2.53. The van der Waals surface area contributed by atoms with Gasteiger partial charge in [0, 0.05) is 5.92 Å². The quantitative estimate of drug-likeness (QED) is 0.868. The number of carboxylic acids is 1. The third-order valence-corrected chi connectivity index (χ3v) is 4.75. The Morgan fingerprint density at radius 3 is 2.58 bits per heavy atom. The Kier molecular flexibility index (Phi) is 3.62. The van der Waals surface area contributed by atoms with Gasteiger partial charge in [-0.2, -0.15) is 0 Å². The second-order valence-corrected chi connectivity index (χ2v) is 6.52. The number of nitrogens with one attached hydrogen (secondary N) is 1. The van der Waals surface area contributed by atoms with Crippen LogP contribution < -0.4 is 5.32 Å². The summed E-state index contributed by atoms with van der Waals surface area (Å²) >= 11 is 1.32. The molecule has 1 heterocycles. The predicted molar refractivity (Wildman–Crippen MR) is 72.4 cm³/mol. The minimum Gasteiger partial charge on any atom is -0.480 e. The molecule has 5 nitrogen and oxygen atoms in total. The zero-order valence-electron chi connectivity index (χ0n) is 11.3. The van der Waals surface area contributed by atoms with Crippen LogP contribution in [0.1, 0.15) is 54.2 Å². The lowest BCUT2D eigenvalue weighted by Gasteiger charge is -2.25. The molecule has 0 aromatic carbocycles. The minimum absolute atomic E-state index is 0.0337. The normalized spacial score (nSPS) is 18.1. The van der Waals surface area contributed by atoms with Gasteiger partial charge in [0.25, 0.3) is 5.91 Å². The van der Waals surface area contributed by atoms with E-state index in [0.29, 0.717) is 4.88 Å². The van der Waals surface area contributed by atoms with Gasteiger partial charge in [0.1, 0.15) is 10.4 Å². The van der Waals surface area contributed by atoms with Crippen molar-refractivity contribution in [2.24, 2.45) is 5.92 Å². The molecule has 1 aromatic rings. The summed E-state index contributed by atoms with van der Waals surface area (Å²) in [6.07, 6.45) is 3.22. The van der Waals surface area contributed by atoms with Gasteiger partial charge in [0.15, 0.2) is 0 Å². The molecule has 2 N–H and O–H groups in total. The molecule has 0 spiro atoms. The first-order valence-corrected chi connectivity index (χ1v) is 7.18. The Morgan fingerprint density at radius 1 is 1.53 bits per heavy atom. The zero-order valence-corrected chi connectivity index (χ0v) is 12.1. The number of rotatable bonds is 5. The zero-order chi connectivity index (χ0) is 14.2. The van der Waals surface area contributed by atoms with E-state index < -0.39 is 11.5 Å². The highest BCUT2D eigenvalue weighted by molar-refractivity contribution is 7.13. The number of amides is 1. The van der Waals surface area contributed by atoms with Crippen molar-refractivity contribution in [1.29, 1.82) is 0 Å². The molecule has 104 valence electrons. The van der Waals surface area contributed by atoms with Crippen LogP contribution in [0.15, 0.2) is 6.20 Å². The molecule has 1 saturated carbocycles. The molecule has 1 unspecified atom stereocenters. The van der Waals surface area contributed by atoms with Gasteiger partial charge in [-0.15, -0.1) is 11.3 Å². The van der Waals surface area contributed by atoms with Crippen LogP contribution in [-0.4, -0.2) is 27.5 Å². The van der Waals surface area contributed by atoms with Crippen molar-refractivity contribution in [1.82, 2.24) is 10.3 Å². The van der Waals surface area contributed by atoms with Gasteiger partial charge < -0.3 is 10.4 Å². The van der Waals surface area contributed by atoms with Crippen LogP contribution in [0, 0.1) is 5.92 Å². The SMILES string of the molecule is CC(C)c1ncc(C(=O)NC(C)(C(=O)O)C2CC2)s1. The molecule has 1 amide bonds. The van der Waals surface area contributed by atoms with E-state index in [0.717, 1.165) is 17.8 Å². The number of thiazole rings is 1. The standard InChI is InChI=1S/C13H18N2O3S/c1-7(2)11-14-6-9(19-11)10(16)15-13(3,12(17)18)8-4-5-8/h6-8H,4-5H2,1-3H3,(H,15,16)(H,17,18). The largest absolute Gasteiger partial charge is 0.480 e. The van der Waals surface area contributed by atoms with E-state index in [9.17, 15) is 14.7 Å². The Bertz CT molecular complexity index is 508. The maximum atomic E-state index is 12.1. The summed E-state index contributed by atoms with van der Waals surface area (Å²) in [5, 5.41) is 12.8. The summed E-state index contributed by atoms with van der Waals surface area (Å²) in [5.41, 5.74) is -1.17. The van der Waals surface area contributed by atoms with Crippen molar-refractivity contribution in [3.8, 4) is 0 Å². The van der Waals surface area contributed by atoms with Crippen LogP contribution in [0.5, 0.6) is 0 Å². The molecule has 0 saturated heterocycles. The first-order valence-electron chi connectivity index (χ1n) is 6.36. The molecule has 0 radical (unpaired) electrons. The Hall–Kier alpha value is -1.43. The Labute approximate surface area is 116 Å². The van der Waals surface area contributed by atoms with Crippen LogP contribution >= 0.6 is 11.3 Å². The van der Waals surface area contributed by atoms with Crippen LogP contribution in [0.2, 0.25) is 0 Å². The Morgan fingerprint density at radius 2 is 2.16 bits per heavy atom. The third-order valence-electron chi connectivity index (χ3n) is 3.45. The summed E-state index contributed by atoms with van der Waals surface area (Å²) in [6, 6.07) is 0. The van der Waals surface area contributed by atoms with Gasteiger partial charge in [0.05, 0.1) is 11.2 Å². The average molecular weight is 282 g/mol. The fourth-order valence-corrected chi connectivity index (χ4v) is 2.76. The van der Waals surface area contributed by atoms with Gasteiger partial charge in [-0.1, -0.05) is 13.8 Å². The summed E-state index contributed by atoms with van der Waals surface area (Å²) in [5.74, 6) is -1.02. The highest BCUT2D eigenvalue weighted by Gasteiger charge is 2.48. The molecule has 0 aliphatic heterocycles. The van der Waals surface area contributed by atoms with E-state index in [1.807, 2.05) is 13.8 Å². The molecule has 1 atom stereocenters. The molecule has 6 heteroatoms. The number of aliphatic carboxylic acids is 1. The predicted octanol–water partition coefficient (Wildman–Crippen LogP) is 2.25. The molecule has 1 aromatic heterocycles. The Balaban J connectivity index is 2.13. The lowest BCUT2D eigenvalue weighted by molar-refractivity contribution is -0.144. The number of carbonyl (C=O) groups is 2. The van der Waals surface area contributed by atoms with Gasteiger partial charge in [-0.25, -0.2) is 9.78 Å². The number of hydrogen-bond donors (Lipinski definition) is 2. The maximum absolute atomic E-state index is 12.1. The number of carbonyl (C=O) groups excluding carboxylic acids is 1. The van der Waals surface area contributed by atoms with Crippen molar-refractivity contribution in [2.45, 2.75) is 45.1 Å². The second kappa shape index (κ2) is 4.92. The summed E-state index contributed by atoms with van der Waals surface area (Å²) in [7, 11) is 0. The van der Waals surface area contributed by atoms with Crippen molar-refractivity contribution in [3.05, 3.63) is 16.1 Å². The van der Waals surface area contributed by atoms with E-state index in [1.165, 1.54) is 17.5 Å². The van der Waals surface area contributed by atoms with Crippen LogP contribution in [0.3, 0.4) is 0 Å². The lowest BCUT2D eigenvalue weighted by atomic mass is 9.96. The molecule has 0 bridgehead atoms. The van der Waals surface area contributed by atoms with E-state index >= 15 is 0 Å². The van der Waals surface area contributed by atoms with Crippen LogP contribution in [0.25, 0.3) is 0 Å². The summed E-state index contributed by atoms with van der Waals surface area (Å²) in [4.78, 5) is 28.1. The topological polar surface area (TPSA) is 79.3 Å². The number of hydrogen-bond acceptors (Lipinski definition) is 4. The molecule has 1 aliphatic carbocycles. The van der Waals surface area contributed by atoms with Gasteiger partial charge >= 0.3 is 5.97 Å². The van der Waals surface area contributed by atoms with Gasteiger partial charge in [-0.05, 0) is 25.7 Å². The van der Waals surface area contributed by atoms with E-state index in [2.05, 4.69) is 10.3 Å². The molecular weight excluding hydrogens is 264 g/mol. The van der Waals surface area contributed by atoms with Crippen molar-refractivity contribution in [3.63, 3.8) is 0 Å². The highest BCUT2D eigenvalue weighted by atomic mass is 32.1. The average Bonchev–Trinajstić information content (AvgIpc) is 3.06. The summed E-state index contributed by atoms with van der Waals surface area (Å²) in [6.45, 7) is 5.59. The number of carboxylic acid groups (broad SMARTS) is 1. The molecule has 1 aliphatic rings. The van der Waals surface area contributed by atoms with Crippen LogP contribution in [0.4, 0.5) is 0 Å². The maximum Gasteiger partial charge on any atom is 0.329 e. The van der Waals surface area contributed by atoms with E-state index in [4.69, 9.17) is 0 Å². The fraction of sp³-hybridized carbons (Fsp3) is 0.615. The fourth-order valence-electron chi connectivity index (χ4n) is 1.95. The third kappa shape index (κ3) is 2.78. The molecule has 1 fully saturated rings. The minimum atomic E-state index is -1.17. The monoisotopic (exact) mass is 282 g/mol. The molecule has 2 rings (SSSR count). The van der Waals surface area contributed by atoms with E-state index in [-0.39, 0.29) is 17.7 Å². The van der Waals surface area contributed by atoms with Gasteiger partial charge in [-0.3, -0.25) is 4.79 Å². The van der Waals surface area contributed by atoms with Gasteiger partial charge in [0.2, 0.25) is 0 Å². The van der Waals surface area contributed by atoms with Crippen molar-refractivity contribution in [2.75, 3.05) is 0 Å². The van der Waals surface area contributed by atoms with E-state index in [1.54, 1.807) is 6.92 Å². The number of nitrogens with zero attached hydrogens (tertiary/aromatic N) is 1. The smallest absolute Gasteiger partial charge is 0.329 e.